The molecule has 3 aromatic rings. The summed E-state index contributed by atoms with van der Waals surface area (Å²) >= 11 is 13.7. The summed E-state index contributed by atoms with van der Waals surface area (Å²) in [5.74, 6) is -1.07. The second kappa shape index (κ2) is 11.4. The smallest absolute Gasteiger partial charge is 0.341 e. The number of hydrogen-bond acceptors (Lipinski definition) is 8. The van der Waals surface area contributed by atoms with Gasteiger partial charge in [0.05, 0.1) is 45.6 Å². The largest absolute Gasteiger partial charge is 0.497 e. The number of fused-ring (bicyclic) bond motifs is 1. The molecule has 0 fully saturated rings. The van der Waals surface area contributed by atoms with Gasteiger partial charge in [0.1, 0.15) is 5.75 Å². The molecule has 38 heavy (non-hydrogen) atoms. The highest BCUT2D eigenvalue weighted by molar-refractivity contribution is 7.07. The summed E-state index contributed by atoms with van der Waals surface area (Å²) in [6.07, 6.45) is 1.59. The molecular weight excluding hydrogens is 555 g/mol. The standard InChI is InChI=1S/C26H22Cl2N2O7S/c1-4-36-25(34)21-13(2)29-26-30(22(21)15-5-7-16(35-3)8-6-15)24(33)19(38-26)11-14-9-17(27)23(18(28)10-14)37-12-20(31)32/h5-11,22H,4,12H2,1-3H3,(H,31,32)/b19-11-/t22-/m1/s1. The number of carbonyl (C=O) groups is 2. The predicted molar refractivity (Wildman–Crippen MR) is 143 cm³/mol. The molecule has 12 heteroatoms. The number of halogens is 2. The maximum absolute atomic E-state index is 13.7. The summed E-state index contributed by atoms with van der Waals surface area (Å²) in [6.45, 7) is 2.98. The molecule has 0 saturated carbocycles. The van der Waals surface area contributed by atoms with E-state index < -0.39 is 24.6 Å². The first kappa shape index (κ1) is 27.4. The number of carbonyl (C=O) groups excluding carboxylic acids is 1. The van der Waals surface area contributed by atoms with Crippen molar-refractivity contribution in [3.05, 3.63) is 88.5 Å². The van der Waals surface area contributed by atoms with Crippen LogP contribution in [0, 0.1) is 0 Å². The third-order valence-corrected chi connectivity index (χ3v) is 7.15. The fourth-order valence-electron chi connectivity index (χ4n) is 3.98. The molecule has 198 valence electrons. The number of aromatic nitrogens is 1. The summed E-state index contributed by atoms with van der Waals surface area (Å²) in [4.78, 5) is 42.4. The van der Waals surface area contributed by atoms with Gasteiger partial charge >= 0.3 is 11.9 Å². The van der Waals surface area contributed by atoms with Gasteiger partial charge in [0.15, 0.2) is 17.2 Å². The quantitative estimate of drug-likeness (QED) is 0.407. The number of nitrogens with zero attached hydrogens (tertiary/aromatic N) is 2. The number of hydrogen-bond donors (Lipinski definition) is 1. The zero-order chi connectivity index (χ0) is 27.6. The molecule has 1 aromatic heterocycles. The van der Waals surface area contributed by atoms with Crippen molar-refractivity contribution >= 4 is 52.6 Å². The highest BCUT2D eigenvalue weighted by Crippen LogP contribution is 2.35. The molecule has 2 heterocycles. The number of rotatable bonds is 8. The van der Waals surface area contributed by atoms with Crippen LogP contribution in [0.15, 0.2) is 57.5 Å². The molecule has 4 rings (SSSR count). The Kier molecular flexibility index (Phi) is 8.25. The van der Waals surface area contributed by atoms with E-state index in [1.165, 1.54) is 16.7 Å². The minimum atomic E-state index is -1.17. The number of methoxy groups -OCH3 is 1. The van der Waals surface area contributed by atoms with Gasteiger partial charge in [0, 0.05) is 0 Å². The Balaban J connectivity index is 1.86. The van der Waals surface area contributed by atoms with E-state index in [1.807, 2.05) is 0 Å². The average Bonchev–Trinajstić information content (AvgIpc) is 3.16. The molecular formula is C26H22Cl2N2O7S. The monoisotopic (exact) mass is 576 g/mol. The van der Waals surface area contributed by atoms with Crippen LogP contribution in [0.2, 0.25) is 10.0 Å². The number of aliphatic carboxylic acids is 1. The Bertz CT molecular complexity index is 1600. The summed E-state index contributed by atoms with van der Waals surface area (Å²) in [6, 6.07) is 9.33. The van der Waals surface area contributed by atoms with Crippen LogP contribution < -0.4 is 24.4 Å². The third-order valence-electron chi connectivity index (χ3n) is 5.61. The molecule has 0 spiro atoms. The first-order valence-electron chi connectivity index (χ1n) is 11.3. The Morgan fingerprint density at radius 2 is 1.84 bits per heavy atom. The number of carboxylic acid groups (broad SMARTS) is 1. The maximum atomic E-state index is 13.7. The molecule has 9 nitrogen and oxygen atoms in total. The molecule has 0 saturated heterocycles. The Hall–Kier alpha value is -3.60. The lowest BCUT2D eigenvalue weighted by Gasteiger charge is -2.24. The first-order valence-corrected chi connectivity index (χ1v) is 12.9. The van der Waals surface area contributed by atoms with E-state index in [0.29, 0.717) is 31.9 Å². The van der Waals surface area contributed by atoms with Crippen molar-refractivity contribution < 1.29 is 28.9 Å². The maximum Gasteiger partial charge on any atom is 0.341 e. The van der Waals surface area contributed by atoms with Crippen LogP contribution in [0.1, 0.15) is 31.0 Å². The van der Waals surface area contributed by atoms with Crippen LogP contribution in [0.25, 0.3) is 6.08 Å². The lowest BCUT2D eigenvalue weighted by atomic mass is 9.96. The molecule has 0 radical (unpaired) electrons. The summed E-state index contributed by atoms with van der Waals surface area (Å²) in [5.41, 5.74) is 1.52. The van der Waals surface area contributed by atoms with Gasteiger partial charge in [0.2, 0.25) is 0 Å². The number of carboxylic acids is 1. The lowest BCUT2D eigenvalue weighted by molar-refractivity contribution is -0.140. The van der Waals surface area contributed by atoms with Crippen LogP contribution >= 0.6 is 34.5 Å². The number of benzene rings is 2. The van der Waals surface area contributed by atoms with Crippen LogP contribution in [-0.2, 0) is 14.3 Å². The Labute approximate surface area is 230 Å². The van der Waals surface area contributed by atoms with E-state index in [0.717, 1.165) is 11.3 Å². The van der Waals surface area contributed by atoms with E-state index in [-0.39, 0.29) is 33.5 Å². The van der Waals surface area contributed by atoms with Crippen molar-refractivity contribution in [2.75, 3.05) is 20.3 Å². The van der Waals surface area contributed by atoms with Gasteiger partial charge < -0.3 is 19.3 Å². The van der Waals surface area contributed by atoms with Gasteiger partial charge in [-0.25, -0.2) is 14.6 Å². The molecule has 1 N–H and O–H groups in total. The molecule has 1 aliphatic heterocycles. The van der Waals surface area contributed by atoms with Crippen LogP contribution in [0.5, 0.6) is 11.5 Å². The number of thiazole rings is 1. The minimum absolute atomic E-state index is 0.0311. The molecule has 0 unspecified atom stereocenters. The minimum Gasteiger partial charge on any atom is -0.497 e. The van der Waals surface area contributed by atoms with Gasteiger partial charge in [-0.05, 0) is 55.3 Å². The van der Waals surface area contributed by atoms with Gasteiger partial charge in [-0.1, -0.05) is 46.7 Å². The first-order chi connectivity index (χ1) is 18.1. The SMILES string of the molecule is CCOC(=O)C1=C(C)N=c2s/c(=C\c3cc(Cl)c(OCC(=O)O)c(Cl)c3)c(=O)n2[C@@H]1c1ccc(OC)cc1. The molecule has 1 aliphatic rings. The van der Waals surface area contributed by atoms with Gasteiger partial charge in [-0.3, -0.25) is 9.36 Å². The van der Waals surface area contributed by atoms with Crippen molar-refractivity contribution in [1.82, 2.24) is 4.57 Å². The van der Waals surface area contributed by atoms with E-state index in [2.05, 4.69) is 4.99 Å². The molecule has 0 amide bonds. The van der Waals surface area contributed by atoms with Crippen molar-refractivity contribution in [3.63, 3.8) is 0 Å². The van der Waals surface area contributed by atoms with Crippen LogP contribution in [0.4, 0.5) is 0 Å². The number of esters is 1. The van der Waals surface area contributed by atoms with Crippen molar-refractivity contribution in [2.45, 2.75) is 19.9 Å². The topological polar surface area (TPSA) is 116 Å². The number of ether oxygens (including phenoxy) is 3. The fourth-order valence-corrected chi connectivity index (χ4v) is 5.64. The van der Waals surface area contributed by atoms with Crippen molar-refractivity contribution in [2.24, 2.45) is 4.99 Å². The van der Waals surface area contributed by atoms with Crippen molar-refractivity contribution in [3.8, 4) is 11.5 Å². The molecule has 1 atom stereocenters. The van der Waals surface area contributed by atoms with Crippen LogP contribution in [0.3, 0.4) is 0 Å². The predicted octanol–water partition coefficient (Wildman–Crippen LogP) is 3.58. The summed E-state index contributed by atoms with van der Waals surface area (Å²) in [5, 5.41) is 9.03. The van der Waals surface area contributed by atoms with Crippen molar-refractivity contribution in [1.29, 1.82) is 0 Å². The van der Waals surface area contributed by atoms with Gasteiger partial charge in [-0.2, -0.15) is 0 Å². The van der Waals surface area contributed by atoms with E-state index >= 15 is 0 Å². The van der Waals surface area contributed by atoms with Gasteiger partial charge in [0.25, 0.3) is 5.56 Å². The third kappa shape index (κ3) is 5.47. The molecule has 0 bridgehead atoms. The highest BCUT2D eigenvalue weighted by Gasteiger charge is 2.33. The number of allylic oxidation sites excluding steroid dienone is 1. The van der Waals surface area contributed by atoms with E-state index in [9.17, 15) is 14.4 Å². The second-order valence-electron chi connectivity index (χ2n) is 8.07. The van der Waals surface area contributed by atoms with Crippen LogP contribution in [-0.4, -0.2) is 41.9 Å². The molecule has 0 aliphatic carbocycles. The van der Waals surface area contributed by atoms with E-state index in [1.54, 1.807) is 51.3 Å². The fraction of sp³-hybridized carbons (Fsp3) is 0.231. The summed E-state index contributed by atoms with van der Waals surface area (Å²) in [7, 11) is 1.55. The molecule has 2 aromatic carbocycles. The zero-order valence-electron chi connectivity index (χ0n) is 20.5. The zero-order valence-corrected chi connectivity index (χ0v) is 22.8. The normalized spacial score (nSPS) is 15.1. The Morgan fingerprint density at radius 3 is 2.42 bits per heavy atom. The Morgan fingerprint density at radius 1 is 1.18 bits per heavy atom. The highest BCUT2D eigenvalue weighted by atomic mass is 35.5. The second-order valence-corrected chi connectivity index (χ2v) is 9.90. The summed E-state index contributed by atoms with van der Waals surface area (Å²) < 4.78 is 17.5. The van der Waals surface area contributed by atoms with Gasteiger partial charge in [-0.15, -0.1) is 0 Å². The lowest BCUT2D eigenvalue weighted by Crippen LogP contribution is -2.39. The van der Waals surface area contributed by atoms with E-state index in [4.69, 9.17) is 42.5 Å². The average molecular weight is 577 g/mol.